The SMILES string of the molecule is C=CC(=O)N1C[C@H](C)N(c2nc(=O)n3c4c(c(-c5ccc(F)cc5F)c(Cl)cc24)OC[C@H]3CCCN(C)C2COC2)C[C@H]1C. The van der Waals surface area contributed by atoms with Crippen molar-refractivity contribution in [3.05, 3.63) is 64.1 Å². The highest BCUT2D eigenvalue weighted by Crippen LogP contribution is 2.47. The average molecular weight is 628 g/mol. The molecule has 4 heterocycles. The number of rotatable bonds is 8. The van der Waals surface area contributed by atoms with Crippen LogP contribution < -0.4 is 15.3 Å². The Labute approximate surface area is 259 Å². The van der Waals surface area contributed by atoms with Crippen molar-refractivity contribution in [3.8, 4) is 16.9 Å². The van der Waals surface area contributed by atoms with Crippen LogP contribution in [-0.2, 0) is 9.53 Å². The lowest BCUT2D eigenvalue weighted by Crippen LogP contribution is -2.58. The van der Waals surface area contributed by atoms with Crippen molar-refractivity contribution < 1.29 is 23.0 Å². The zero-order chi connectivity index (χ0) is 31.3. The number of amides is 1. The number of nitrogens with zero attached hydrogens (tertiary/aromatic N) is 5. The smallest absolute Gasteiger partial charge is 0.350 e. The summed E-state index contributed by atoms with van der Waals surface area (Å²) in [6.45, 7) is 10.8. The zero-order valence-corrected chi connectivity index (χ0v) is 25.8. The van der Waals surface area contributed by atoms with Gasteiger partial charge in [0.25, 0.3) is 0 Å². The van der Waals surface area contributed by atoms with E-state index >= 15 is 4.39 Å². The summed E-state index contributed by atoms with van der Waals surface area (Å²) in [4.78, 5) is 37.1. The molecule has 1 amide bonds. The van der Waals surface area contributed by atoms with E-state index in [-0.39, 0.29) is 52.5 Å². The molecule has 12 heteroatoms. The Morgan fingerprint density at radius 1 is 1.18 bits per heavy atom. The van der Waals surface area contributed by atoms with E-state index in [4.69, 9.17) is 21.1 Å². The van der Waals surface area contributed by atoms with E-state index < -0.39 is 17.3 Å². The van der Waals surface area contributed by atoms with Gasteiger partial charge in [-0.15, -0.1) is 0 Å². The van der Waals surface area contributed by atoms with Crippen LogP contribution in [0.25, 0.3) is 22.0 Å². The lowest BCUT2D eigenvalue weighted by Gasteiger charge is -2.45. The molecule has 2 saturated heterocycles. The first-order chi connectivity index (χ1) is 21.1. The molecule has 44 heavy (non-hydrogen) atoms. The van der Waals surface area contributed by atoms with Crippen LogP contribution in [0.5, 0.6) is 5.75 Å². The predicted octanol–water partition coefficient (Wildman–Crippen LogP) is 4.65. The monoisotopic (exact) mass is 627 g/mol. The topological polar surface area (TPSA) is 80.1 Å². The molecule has 0 bridgehead atoms. The Morgan fingerprint density at radius 3 is 2.64 bits per heavy atom. The first kappa shape index (κ1) is 30.5. The Hall–Kier alpha value is -3.54. The van der Waals surface area contributed by atoms with Gasteiger partial charge in [0.1, 0.15) is 24.1 Å². The highest BCUT2D eigenvalue weighted by molar-refractivity contribution is 6.35. The summed E-state index contributed by atoms with van der Waals surface area (Å²) in [7, 11) is 2.07. The van der Waals surface area contributed by atoms with Crippen molar-refractivity contribution in [3.63, 3.8) is 0 Å². The number of carbonyl (C=O) groups is 1. The molecule has 0 N–H and O–H groups in total. The minimum atomic E-state index is -0.787. The number of ether oxygens (including phenoxy) is 2. The second-order valence-corrected chi connectivity index (χ2v) is 12.4. The second kappa shape index (κ2) is 12.1. The summed E-state index contributed by atoms with van der Waals surface area (Å²) in [6.07, 6.45) is 2.77. The van der Waals surface area contributed by atoms with Crippen LogP contribution in [0.15, 0.2) is 41.7 Å². The molecule has 0 saturated carbocycles. The molecule has 0 unspecified atom stereocenters. The number of carbonyl (C=O) groups excluding carboxylic acids is 1. The maximum Gasteiger partial charge on any atom is 0.350 e. The Morgan fingerprint density at radius 2 is 1.95 bits per heavy atom. The third-order valence-electron chi connectivity index (χ3n) is 9.09. The van der Waals surface area contributed by atoms with Crippen molar-refractivity contribution in [2.45, 2.75) is 50.9 Å². The van der Waals surface area contributed by atoms with Gasteiger partial charge in [0.15, 0.2) is 5.75 Å². The molecule has 3 aliphatic rings. The zero-order valence-electron chi connectivity index (χ0n) is 25.1. The Balaban J connectivity index is 1.47. The van der Waals surface area contributed by atoms with Crippen LogP contribution in [0.2, 0.25) is 5.02 Å². The molecule has 9 nitrogen and oxygen atoms in total. The van der Waals surface area contributed by atoms with E-state index in [1.807, 2.05) is 18.7 Å². The molecule has 1 aromatic heterocycles. The predicted molar refractivity (Wildman–Crippen MR) is 166 cm³/mol. The van der Waals surface area contributed by atoms with Gasteiger partial charge in [0, 0.05) is 47.8 Å². The van der Waals surface area contributed by atoms with Crippen LogP contribution in [-0.4, -0.2) is 89.9 Å². The van der Waals surface area contributed by atoms with Crippen molar-refractivity contribution in [1.82, 2.24) is 19.4 Å². The van der Waals surface area contributed by atoms with Gasteiger partial charge >= 0.3 is 5.69 Å². The molecule has 3 atom stereocenters. The minimum absolute atomic E-state index is 0.0759. The first-order valence-corrected chi connectivity index (χ1v) is 15.3. The average Bonchev–Trinajstić information content (AvgIpc) is 2.95. The van der Waals surface area contributed by atoms with E-state index in [2.05, 4.69) is 23.5 Å². The van der Waals surface area contributed by atoms with Crippen LogP contribution in [0, 0.1) is 11.6 Å². The summed E-state index contributed by atoms with van der Waals surface area (Å²) in [5.41, 5.74) is 0.365. The quantitative estimate of drug-likeness (QED) is 0.337. The van der Waals surface area contributed by atoms with Crippen LogP contribution in [0.1, 0.15) is 32.7 Å². The second-order valence-electron chi connectivity index (χ2n) is 12.0. The van der Waals surface area contributed by atoms with E-state index in [9.17, 15) is 14.0 Å². The standard InChI is InChI=1S/C32H36ClF2N5O4/c1-5-27(41)38-13-19(3)39(14-18(38)2)31-24-12-25(33)28(23-9-8-20(34)11-26(23)35)30-29(24)40(32(42)36-31)21(17-44-30)7-6-10-37(4)22-15-43-16-22/h5,8-9,11-12,18-19,21-22H,1,6-7,10,13-17H2,2-4H3/t18-,19+,21-/m1/s1. The number of anilines is 1. The van der Waals surface area contributed by atoms with Crippen molar-refractivity contribution in [1.29, 1.82) is 0 Å². The largest absolute Gasteiger partial charge is 0.488 e. The van der Waals surface area contributed by atoms with Gasteiger partial charge in [-0.05, 0) is 64.6 Å². The Bertz CT molecular complexity index is 1680. The van der Waals surface area contributed by atoms with Crippen LogP contribution >= 0.6 is 11.6 Å². The van der Waals surface area contributed by atoms with Gasteiger partial charge in [0.2, 0.25) is 5.91 Å². The van der Waals surface area contributed by atoms with Crippen molar-refractivity contribution in [2.75, 3.05) is 51.4 Å². The fraction of sp³-hybridized carbons (Fsp3) is 0.469. The molecule has 3 aliphatic heterocycles. The molecule has 2 aromatic carbocycles. The lowest BCUT2D eigenvalue weighted by molar-refractivity contribution is -0.128. The molecule has 2 fully saturated rings. The molecule has 234 valence electrons. The fourth-order valence-corrected chi connectivity index (χ4v) is 6.81. The van der Waals surface area contributed by atoms with Crippen molar-refractivity contribution >= 4 is 34.2 Å². The van der Waals surface area contributed by atoms with Crippen molar-refractivity contribution in [2.24, 2.45) is 0 Å². The Kier molecular flexibility index (Phi) is 8.38. The first-order valence-electron chi connectivity index (χ1n) is 14.9. The molecule has 0 radical (unpaired) electrons. The van der Waals surface area contributed by atoms with Crippen LogP contribution in [0.4, 0.5) is 14.6 Å². The maximum absolute atomic E-state index is 15.1. The summed E-state index contributed by atoms with van der Waals surface area (Å²) >= 11 is 6.86. The molecule has 0 aliphatic carbocycles. The van der Waals surface area contributed by atoms with Gasteiger partial charge in [0.05, 0.1) is 35.8 Å². The molecule has 3 aromatic rings. The van der Waals surface area contributed by atoms with Crippen LogP contribution in [0.3, 0.4) is 0 Å². The molecular formula is C32H36ClF2N5O4. The summed E-state index contributed by atoms with van der Waals surface area (Å²) in [6, 6.07) is 4.72. The number of hydrogen-bond acceptors (Lipinski definition) is 7. The summed E-state index contributed by atoms with van der Waals surface area (Å²) in [5, 5.41) is 0.780. The minimum Gasteiger partial charge on any atom is -0.488 e. The number of benzene rings is 2. The number of piperazine rings is 1. The molecule has 0 spiro atoms. The third-order valence-corrected chi connectivity index (χ3v) is 9.39. The number of halogens is 3. The fourth-order valence-electron chi connectivity index (χ4n) is 6.52. The third kappa shape index (κ3) is 5.35. The lowest BCUT2D eigenvalue weighted by atomic mass is 9.98. The van der Waals surface area contributed by atoms with Gasteiger partial charge < -0.3 is 19.3 Å². The summed E-state index contributed by atoms with van der Waals surface area (Å²) in [5.74, 6) is -0.967. The van der Waals surface area contributed by atoms with Gasteiger partial charge in [-0.1, -0.05) is 18.2 Å². The molecule has 6 rings (SSSR count). The van der Waals surface area contributed by atoms with E-state index in [0.717, 1.165) is 32.2 Å². The summed E-state index contributed by atoms with van der Waals surface area (Å²) < 4.78 is 42.3. The number of likely N-dealkylation sites (N-methyl/N-ethyl adjacent to an activating group) is 1. The van der Waals surface area contributed by atoms with Gasteiger partial charge in [-0.3, -0.25) is 14.3 Å². The van der Waals surface area contributed by atoms with Gasteiger partial charge in [-0.25, -0.2) is 13.6 Å². The van der Waals surface area contributed by atoms with E-state index in [0.29, 0.717) is 42.3 Å². The highest BCUT2D eigenvalue weighted by Gasteiger charge is 2.36. The number of hydrogen-bond donors (Lipinski definition) is 0. The van der Waals surface area contributed by atoms with Gasteiger partial charge in [-0.2, -0.15) is 4.98 Å². The van der Waals surface area contributed by atoms with E-state index in [1.165, 1.54) is 18.2 Å². The highest BCUT2D eigenvalue weighted by atomic mass is 35.5. The number of aromatic nitrogens is 2. The maximum atomic E-state index is 15.1. The normalized spacial score (nSPS) is 21.8. The molecular weight excluding hydrogens is 592 g/mol. The van der Waals surface area contributed by atoms with E-state index in [1.54, 1.807) is 15.5 Å².